The van der Waals surface area contributed by atoms with Gasteiger partial charge in [0.1, 0.15) is 0 Å². The maximum absolute atomic E-state index is 10.9. The zero-order chi connectivity index (χ0) is 15.1. The van der Waals surface area contributed by atoms with Crippen LogP contribution in [0, 0.1) is 10.1 Å². The van der Waals surface area contributed by atoms with Gasteiger partial charge in [-0.15, -0.1) is 0 Å². The van der Waals surface area contributed by atoms with E-state index in [1.807, 2.05) is 0 Å². The van der Waals surface area contributed by atoms with Crippen molar-refractivity contribution in [2.24, 2.45) is 0 Å². The molecule has 2 unspecified atom stereocenters. The fourth-order valence-electron chi connectivity index (χ4n) is 3.47. The average molecular weight is 330 g/mol. The number of likely N-dealkylation sites (N-methyl/N-ethyl adjacent to an activating group) is 1. The van der Waals surface area contributed by atoms with Crippen LogP contribution in [0.1, 0.15) is 19.3 Å². The Hall–Kier alpha value is -1.04. The number of nitro groups is 1. The molecule has 2 aliphatic heterocycles. The van der Waals surface area contributed by atoms with Gasteiger partial charge in [0, 0.05) is 37.3 Å². The zero-order valence-corrected chi connectivity index (χ0v) is 13.3. The number of rotatable bonds is 2. The van der Waals surface area contributed by atoms with Crippen molar-refractivity contribution in [2.75, 3.05) is 25.0 Å². The molecule has 0 amide bonds. The van der Waals surface area contributed by atoms with E-state index >= 15 is 0 Å². The highest BCUT2D eigenvalue weighted by Crippen LogP contribution is 2.40. The molecule has 3 rings (SSSR count). The highest BCUT2D eigenvalue weighted by molar-refractivity contribution is 6.39. The van der Waals surface area contributed by atoms with Crippen LogP contribution in [0.5, 0.6) is 0 Å². The van der Waals surface area contributed by atoms with Gasteiger partial charge in [-0.25, -0.2) is 0 Å². The van der Waals surface area contributed by atoms with Gasteiger partial charge < -0.3 is 4.90 Å². The maximum atomic E-state index is 10.9. The fraction of sp³-hybridized carbons (Fsp3) is 0.571. The number of hydrogen-bond donors (Lipinski definition) is 0. The van der Waals surface area contributed by atoms with Crippen LogP contribution in [-0.4, -0.2) is 42.0 Å². The smallest absolute Gasteiger partial charge is 0.272 e. The molecule has 5 nitrogen and oxygen atoms in total. The molecule has 0 aromatic heterocycles. The Morgan fingerprint density at radius 2 is 1.81 bits per heavy atom. The van der Waals surface area contributed by atoms with Gasteiger partial charge in [0.15, 0.2) is 0 Å². The first-order valence-electron chi connectivity index (χ1n) is 7.07. The number of anilines is 1. The lowest BCUT2D eigenvalue weighted by Gasteiger charge is -2.29. The number of hydrogen-bond acceptors (Lipinski definition) is 4. The second-order valence-electron chi connectivity index (χ2n) is 5.80. The Labute approximate surface area is 133 Å². The number of non-ortho nitro benzene ring substituents is 1. The molecule has 114 valence electrons. The van der Waals surface area contributed by atoms with Crippen LogP contribution in [0.15, 0.2) is 12.1 Å². The Balaban J connectivity index is 1.92. The zero-order valence-electron chi connectivity index (χ0n) is 11.8. The van der Waals surface area contributed by atoms with Crippen molar-refractivity contribution >= 4 is 34.6 Å². The van der Waals surface area contributed by atoms with Gasteiger partial charge in [-0.05, 0) is 26.3 Å². The van der Waals surface area contributed by atoms with E-state index in [-0.39, 0.29) is 5.69 Å². The third-order valence-corrected chi connectivity index (χ3v) is 5.25. The van der Waals surface area contributed by atoms with Crippen LogP contribution in [-0.2, 0) is 0 Å². The van der Waals surface area contributed by atoms with Crippen LogP contribution >= 0.6 is 23.2 Å². The van der Waals surface area contributed by atoms with E-state index in [2.05, 4.69) is 16.8 Å². The van der Waals surface area contributed by atoms with E-state index in [4.69, 9.17) is 23.2 Å². The third-order valence-electron chi connectivity index (χ3n) is 4.68. The number of nitrogens with zero attached hydrogens (tertiary/aromatic N) is 3. The lowest BCUT2D eigenvalue weighted by molar-refractivity contribution is -0.384. The molecule has 1 aromatic rings. The van der Waals surface area contributed by atoms with Crippen LogP contribution in [0.4, 0.5) is 11.4 Å². The summed E-state index contributed by atoms with van der Waals surface area (Å²) in [7, 11) is 2.17. The Morgan fingerprint density at radius 1 is 1.19 bits per heavy atom. The molecule has 0 spiro atoms. The minimum atomic E-state index is -0.473. The van der Waals surface area contributed by atoms with Crippen molar-refractivity contribution in [1.82, 2.24) is 4.90 Å². The summed E-state index contributed by atoms with van der Waals surface area (Å²) < 4.78 is 0. The second kappa shape index (κ2) is 5.63. The molecular weight excluding hydrogens is 313 g/mol. The molecule has 2 atom stereocenters. The first-order chi connectivity index (χ1) is 9.97. The minimum Gasteiger partial charge on any atom is -0.367 e. The van der Waals surface area contributed by atoms with Gasteiger partial charge in [-0.2, -0.15) is 0 Å². The van der Waals surface area contributed by atoms with Crippen molar-refractivity contribution < 1.29 is 4.92 Å². The average Bonchev–Trinajstić information content (AvgIpc) is 2.65. The van der Waals surface area contributed by atoms with Gasteiger partial charge in [0.25, 0.3) is 5.69 Å². The molecule has 0 saturated carbocycles. The summed E-state index contributed by atoms with van der Waals surface area (Å²) in [6, 6.07) is 3.89. The Bertz CT molecular complexity index is 558. The molecule has 0 N–H and O–H groups in total. The van der Waals surface area contributed by atoms with Crippen LogP contribution in [0.3, 0.4) is 0 Å². The normalized spacial score (nSPS) is 26.0. The molecule has 21 heavy (non-hydrogen) atoms. The van der Waals surface area contributed by atoms with Gasteiger partial charge in [-0.1, -0.05) is 23.2 Å². The molecule has 1 aromatic carbocycles. The van der Waals surface area contributed by atoms with Crippen LogP contribution < -0.4 is 4.90 Å². The number of fused-ring (bicyclic) bond motifs is 2. The van der Waals surface area contributed by atoms with Gasteiger partial charge in [0.05, 0.1) is 20.7 Å². The highest BCUT2D eigenvalue weighted by Gasteiger charge is 2.35. The molecule has 2 bridgehead atoms. The first-order valence-corrected chi connectivity index (χ1v) is 7.83. The summed E-state index contributed by atoms with van der Waals surface area (Å²) in [5.74, 6) is 0. The van der Waals surface area contributed by atoms with Crippen molar-refractivity contribution in [3.8, 4) is 0 Å². The quantitative estimate of drug-likeness (QED) is 0.614. The van der Waals surface area contributed by atoms with E-state index in [0.717, 1.165) is 25.2 Å². The van der Waals surface area contributed by atoms with E-state index in [9.17, 15) is 10.1 Å². The number of halogens is 2. The molecule has 7 heteroatoms. The lowest BCUT2D eigenvalue weighted by atomic mass is 10.1. The third kappa shape index (κ3) is 2.70. The molecule has 2 aliphatic rings. The van der Waals surface area contributed by atoms with Crippen molar-refractivity contribution in [3.63, 3.8) is 0 Å². The monoisotopic (exact) mass is 329 g/mol. The summed E-state index contributed by atoms with van der Waals surface area (Å²) >= 11 is 12.5. The molecule has 0 radical (unpaired) electrons. The molecule has 2 fully saturated rings. The summed E-state index contributed by atoms with van der Waals surface area (Å²) in [5, 5.41) is 11.6. The van der Waals surface area contributed by atoms with Gasteiger partial charge in [-0.3, -0.25) is 15.0 Å². The van der Waals surface area contributed by atoms with Crippen LogP contribution in [0.2, 0.25) is 10.0 Å². The van der Waals surface area contributed by atoms with Gasteiger partial charge in [0.2, 0.25) is 0 Å². The van der Waals surface area contributed by atoms with E-state index in [1.54, 1.807) is 0 Å². The second-order valence-corrected chi connectivity index (χ2v) is 6.61. The highest BCUT2D eigenvalue weighted by atomic mass is 35.5. The van der Waals surface area contributed by atoms with Crippen molar-refractivity contribution in [2.45, 2.75) is 31.3 Å². The summed E-state index contributed by atoms with van der Waals surface area (Å²) in [4.78, 5) is 15.0. The molecular formula is C14H17Cl2N3O2. The SMILES string of the molecule is CN1C2CCC1CN(c1c(Cl)cc([N+](=O)[O-])cc1Cl)CC2. The van der Waals surface area contributed by atoms with Crippen LogP contribution in [0.25, 0.3) is 0 Å². The molecule has 2 heterocycles. The maximum Gasteiger partial charge on any atom is 0.272 e. The van der Waals surface area contributed by atoms with Gasteiger partial charge >= 0.3 is 0 Å². The minimum absolute atomic E-state index is 0.0674. The van der Waals surface area contributed by atoms with Crippen molar-refractivity contribution in [3.05, 3.63) is 32.3 Å². The molecule has 0 aliphatic carbocycles. The predicted molar refractivity (Wildman–Crippen MR) is 84.5 cm³/mol. The predicted octanol–water partition coefficient (Wildman–Crippen LogP) is 3.57. The lowest BCUT2D eigenvalue weighted by Crippen LogP contribution is -2.36. The first kappa shape index (κ1) is 14.9. The summed E-state index contributed by atoms with van der Waals surface area (Å²) in [6.45, 7) is 1.74. The standard InChI is InChI=1S/C14H17Cl2N3O2/c1-17-9-2-3-10(17)8-18(5-4-9)14-12(15)6-11(19(20)21)7-13(14)16/h6-7,9-10H,2-5,8H2,1H3. The molecule has 2 saturated heterocycles. The fourth-order valence-corrected chi connectivity index (χ4v) is 4.19. The van der Waals surface area contributed by atoms with E-state index in [0.29, 0.717) is 22.1 Å². The van der Waals surface area contributed by atoms with E-state index < -0.39 is 4.92 Å². The number of benzene rings is 1. The Kier molecular flexibility index (Phi) is 3.99. The summed E-state index contributed by atoms with van der Waals surface area (Å²) in [5.41, 5.74) is 0.659. The topological polar surface area (TPSA) is 49.6 Å². The van der Waals surface area contributed by atoms with E-state index in [1.165, 1.54) is 25.0 Å². The van der Waals surface area contributed by atoms with Crippen molar-refractivity contribution in [1.29, 1.82) is 0 Å². The summed E-state index contributed by atoms with van der Waals surface area (Å²) in [6.07, 6.45) is 3.49. The Morgan fingerprint density at radius 3 is 2.43 bits per heavy atom. The number of nitro benzene ring substituents is 1. The largest absolute Gasteiger partial charge is 0.367 e.